The fourth-order valence-corrected chi connectivity index (χ4v) is 6.80. The summed E-state index contributed by atoms with van der Waals surface area (Å²) in [6, 6.07) is 26.4. The number of hydrogen-bond donors (Lipinski definition) is 1. The Hall–Kier alpha value is -4.54. The van der Waals surface area contributed by atoms with Crippen LogP contribution in [-0.4, -0.2) is 58.0 Å². The molecule has 4 aromatic rings. The minimum absolute atomic E-state index is 0.00235. The number of halogens is 1. The highest BCUT2D eigenvalue weighted by atomic mass is 35.5. The molecule has 4 aromatic carbocycles. The number of nitrogens with one attached hydrogen (secondary N) is 1. The first-order valence-electron chi connectivity index (χ1n) is 15.7. The molecule has 0 unspecified atom stereocenters. The number of anilines is 1. The predicted octanol–water partition coefficient (Wildman–Crippen LogP) is 6.42. The number of carbonyl (C=O) groups is 2. The molecule has 0 radical (unpaired) electrons. The van der Waals surface area contributed by atoms with Gasteiger partial charge in [-0.25, -0.2) is 8.42 Å². The third-order valence-corrected chi connectivity index (χ3v) is 10.2. The molecule has 2 amide bonds. The lowest BCUT2D eigenvalue weighted by atomic mass is 10.0. The smallest absolute Gasteiger partial charge is 0.264 e. The molecule has 11 heteroatoms. The molecule has 4 rings (SSSR count). The van der Waals surface area contributed by atoms with Crippen molar-refractivity contribution >= 4 is 39.1 Å². The van der Waals surface area contributed by atoms with Crippen molar-refractivity contribution in [2.45, 2.75) is 57.1 Å². The van der Waals surface area contributed by atoms with Crippen molar-refractivity contribution in [2.24, 2.45) is 0 Å². The van der Waals surface area contributed by atoms with E-state index in [0.717, 1.165) is 15.4 Å². The molecule has 0 aliphatic heterocycles. The van der Waals surface area contributed by atoms with Crippen LogP contribution in [0.3, 0.4) is 0 Å². The Bertz CT molecular complexity index is 1800. The van der Waals surface area contributed by atoms with Crippen LogP contribution >= 0.6 is 11.6 Å². The SMILES string of the molecule is CC[C@H](C)NC(=O)[C@H](Cc1ccccc1)N(Cc1cccc(OC)c1)C(=O)CN(c1ccc(OC)c(Cl)c1)S(=O)(=O)c1ccc(C)cc1. The lowest BCUT2D eigenvalue weighted by Gasteiger charge is -2.34. The van der Waals surface area contributed by atoms with Crippen molar-refractivity contribution in [3.8, 4) is 11.5 Å². The summed E-state index contributed by atoms with van der Waals surface area (Å²) in [6.07, 6.45) is 0.895. The van der Waals surface area contributed by atoms with E-state index in [1.807, 2.05) is 57.2 Å². The number of aryl methyl sites for hydroxylation is 1. The molecule has 0 saturated carbocycles. The number of amides is 2. The van der Waals surface area contributed by atoms with Gasteiger partial charge in [0.15, 0.2) is 0 Å². The molecule has 0 aliphatic rings. The zero-order valence-electron chi connectivity index (χ0n) is 27.9. The third kappa shape index (κ3) is 9.08. The molecule has 1 N–H and O–H groups in total. The number of sulfonamides is 1. The predicted molar refractivity (Wildman–Crippen MR) is 189 cm³/mol. The van der Waals surface area contributed by atoms with E-state index in [0.29, 0.717) is 23.5 Å². The van der Waals surface area contributed by atoms with Gasteiger partial charge in [-0.05, 0) is 73.9 Å². The van der Waals surface area contributed by atoms with E-state index in [-0.39, 0.29) is 40.5 Å². The van der Waals surface area contributed by atoms with Crippen molar-refractivity contribution in [1.29, 1.82) is 0 Å². The van der Waals surface area contributed by atoms with E-state index in [4.69, 9.17) is 21.1 Å². The quantitative estimate of drug-likeness (QED) is 0.154. The van der Waals surface area contributed by atoms with Crippen molar-refractivity contribution < 1.29 is 27.5 Å². The molecule has 0 spiro atoms. The maximum absolute atomic E-state index is 14.7. The van der Waals surface area contributed by atoms with E-state index >= 15 is 0 Å². The first kappa shape index (κ1) is 36.3. The second kappa shape index (κ2) is 16.5. The molecule has 48 heavy (non-hydrogen) atoms. The molecule has 254 valence electrons. The summed E-state index contributed by atoms with van der Waals surface area (Å²) in [5, 5.41) is 3.21. The molecule has 0 aliphatic carbocycles. The summed E-state index contributed by atoms with van der Waals surface area (Å²) in [5.74, 6) is 0.00861. The fourth-order valence-electron chi connectivity index (χ4n) is 5.14. The normalized spacial score (nSPS) is 12.5. The molecule has 0 saturated heterocycles. The first-order valence-corrected chi connectivity index (χ1v) is 17.5. The molecule has 0 bridgehead atoms. The van der Waals surface area contributed by atoms with Gasteiger partial charge >= 0.3 is 0 Å². The number of hydrogen-bond acceptors (Lipinski definition) is 6. The second-order valence-corrected chi connectivity index (χ2v) is 13.8. The summed E-state index contributed by atoms with van der Waals surface area (Å²) in [5.41, 5.74) is 2.60. The molecule has 9 nitrogen and oxygen atoms in total. The van der Waals surface area contributed by atoms with Gasteiger partial charge in [0, 0.05) is 19.0 Å². The summed E-state index contributed by atoms with van der Waals surface area (Å²) >= 11 is 6.46. The fraction of sp³-hybridized carbons (Fsp3) is 0.297. The zero-order chi connectivity index (χ0) is 34.8. The minimum atomic E-state index is -4.28. The lowest BCUT2D eigenvalue weighted by molar-refractivity contribution is -0.140. The molecular weight excluding hydrogens is 650 g/mol. The third-order valence-electron chi connectivity index (χ3n) is 8.07. The highest BCUT2D eigenvalue weighted by molar-refractivity contribution is 7.92. The van der Waals surface area contributed by atoms with Crippen LogP contribution in [0.5, 0.6) is 11.5 Å². The molecule has 0 aromatic heterocycles. The first-order chi connectivity index (χ1) is 23.0. The van der Waals surface area contributed by atoms with E-state index < -0.39 is 28.5 Å². The Morgan fingerprint density at radius 3 is 2.19 bits per heavy atom. The summed E-state index contributed by atoms with van der Waals surface area (Å²) in [6.45, 7) is 5.13. The van der Waals surface area contributed by atoms with Gasteiger partial charge in [-0.3, -0.25) is 13.9 Å². The Morgan fingerprint density at radius 2 is 1.56 bits per heavy atom. The molecule has 0 heterocycles. The second-order valence-electron chi connectivity index (χ2n) is 11.5. The van der Waals surface area contributed by atoms with Gasteiger partial charge in [0.1, 0.15) is 24.1 Å². The van der Waals surface area contributed by atoms with Crippen LogP contribution in [0.4, 0.5) is 5.69 Å². The summed E-state index contributed by atoms with van der Waals surface area (Å²) in [4.78, 5) is 30.1. The number of nitrogens with zero attached hydrogens (tertiary/aromatic N) is 2. The van der Waals surface area contributed by atoms with Gasteiger partial charge in [0.25, 0.3) is 10.0 Å². The van der Waals surface area contributed by atoms with Gasteiger partial charge < -0.3 is 19.7 Å². The number of benzene rings is 4. The highest BCUT2D eigenvalue weighted by Gasteiger charge is 2.35. The number of rotatable bonds is 15. The Morgan fingerprint density at radius 1 is 0.875 bits per heavy atom. The minimum Gasteiger partial charge on any atom is -0.497 e. The standard InChI is InChI=1S/C37H42ClN3O6S/c1-6-27(3)39-37(43)34(22-28-11-8-7-9-12-28)40(24-29-13-10-14-31(21-29)46-4)36(42)25-41(30-17-20-35(47-5)33(38)23-30)48(44,45)32-18-15-26(2)16-19-32/h7-21,23,27,34H,6,22,24-25H2,1-5H3,(H,39,43)/t27-,34-/m0/s1. The maximum atomic E-state index is 14.7. The Kier molecular flexibility index (Phi) is 12.5. The van der Waals surface area contributed by atoms with Crippen molar-refractivity contribution in [3.05, 3.63) is 119 Å². The largest absolute Gasteiger partial charge is 0.497 e. The number of ether oxygens (including phenoxy) is 2. The summed E-state index contributed by atoms with van der Waals surface area (Å²) in [7, 11) is -1.27. The number of carbonyl (C=O) groups excluding carboxylic acids is 2. The highest BCUT2D eigenvalue weighted by Crippen LogP contribution is 2.32. The van der Waals surface area contributed by atoms with Gasteiger partial charge in [0.05, 0.1) is 29.8 Å². The van der Waals surface area contributed by atoms with E-state index in [9.17, 15) is 18.0 Å². The van der Waals surface area contributed by atoms with Gasteiger partial charge in [-0.1, -0.05) is 78.7 Å². The van der Waals surface area contributed by atoms with Crippen LogP contribution in [0.25, 0.3) is 0 Å². The molecular formula is C37H42ClN3O6S. The molecule has 2 atom stereocenters. The lowest BCUT2D eigenvalue weighted by Crippen LogP contribution is -2.54. The molecule has 0 fully saturated rings. The van der Waals surface area contributed by atoms with Gasteiger partial charge in [0.2, 0.25) is 11.8 Å². The van der Waals surface area contributed by atoms with Crippen LogP contribution in [0.1, 0.15) is 37.0 Å². The van der Waals surface area contributed by atoms with Gasteiger partial charge in [-0.15, -0.1) is 0 Å². The topological polar surface area (TPSA) is 105 Å². The number of methoxy groups -OCH3 is 2. The average Bonchev–Trinajstić information content (AvgIpc) is 3.09. The monoisotopic (exact) mass is 691 g/mol. The Labute approximate surface area is 288 Å². The average molecular weight is 692 g/mol. The van der Waals surface area contributed by atoms with Crippen LogP contribution < -0.4 is 19.1 Å². The van der Waals surface area contributed by atoms with E-state index in [1.54, 1.807) is 43.5 Å². The van der Waals surface area contributed by atoms with Crippen molar-refractivity contribution in [3.63, 3.8) is 0 Å². The van der Waals surface area contributed by atoms with Crippen LogP contribution in [0, 0.1) is 6.92 Å². The van der Waals surface area contributed by atoms with E-state index in [1.165, 1.54) is 36.3 Å². The van der Waals surface area contributed by atoms with Gasteiger partial charge in [-0.2, -0.15) is 0 Å². The zero-order valence-corrected chi connectivity index (χ0v) is 29.4. The van der Waals surface area contributed by atoms with Crippen molar-refractivity contribution in [2.75, 3.05) is 25.1 Å². The van der Waals surface area contributed by atoms with Crippen molar-refractivity contribution in [1.82, 2.24) is 10.2 Å². The van der Waals surface area contributed by atoms with Crippen LogP contribution in [0.2, 0.25) is 5.02 Å². The Balaban J connectivity index is 1.84. The van der Waals surface area contributed by atoms with Crippen LogP contribution in [0.15, 0.2) is 102 Å². The van der Waals surface area contributed by atoms with Crippen LogP contribution in [-0.2, 0) is 32.6 Å². The van der Waals surface area contributed by atoms with E-state index in [2.05, 4.69) is 5.32 Å². The maximum Gasteiger partial charge on any atom is 0.264 e. The summed E-state index contributed by atoms with van der Waals surface area (Å²) < 4.78 is 40.3.